The molecule has 0 bridgehead atoms. The standard InChI is InChI=1S/C32H33ClF3N9O2/c1-6-25(46)43-13-11-20(14-19(43)10-12-37)45-28-21-15-24(32(34,35)36)44(23-9-7-8-22(33)18(23)2)30(47)26(21)38-29(27(28)39-40-45)42-16-31(3,17-42)41(4)5/h6-9,15,19-20H,1,10-11,13-14,16-17H2,2-5H3/t19-,20+/m1/s1. The van der Waals surface area contributed by atoms with Crippen molar-refractivity contribution in [2.45, 2.75) is 56.9 Å². The molecule has 0 N–H and O–H groups in total. The fraction of sp³-hybridized carbons (Fsp3) is 0.438. The average molecular weight is 668 g/mol. The van der Waals surface area contributed by atoms with Crippen molar-refractivity contribution in [3.8, 4) is 11.8 Å². The summed E-state index contributed by atoms with van der Waals surface area (Å²) in [7, 11) is 3.92. The van der Waals surface area contributed by atoms with E-state index in [0.717, 1.165) is 6.07 Å². The molecule has 2 atom stereocenters. The SMILES string of the molecule is C=CC(=O)N1CC[C@H](n2nnc3c(N4CC(C)(N(C)C)C4)nc4c(=O)n(-c5cccc(Cl)c5C)c(C(F)(F)F)cc4c32)C[C@H]1CC#N. The highest BCUT2D eigenvalue weighted by molar-refractivity contribution is 6.31. The number of hydrogen-bond acceptors (Lipinski definition) is 8. The summed E-state index contributed by atoms with van der Waals surface area (Å²) in [5.41, 5.74) is -1.71. The van der Waals surface area contributed by atoms with E-state index >= 15 is 0 Å². The fourth-order valence-electron chi connectivity index (χ4n) is 6.67. The molecule has 4 aromatic rings. The Kier molecular flexibility index (Phi) is 8.04. The quantitative estimate of drug-likeness (QED) is 0.267. The number of halogens is 4. The van der Waals surface area contributed by atoms with Gasteiger partial charge in [-0.15, -0.1) is 5.10 Å². The number of nitriles is 1. The molecule has 246 valence electrons. The van der Waals surface area contributed by atoms with Gasteiger partial charge in [0.15, 0.2) is 11.3 Å². The molecule has 0 unspecified atom stereocenters. The number of carbonyl (C=O) groups excluding carboxylic acids is 1. The molecule has 47 heavy (non-hydrogen) atoms. The van der Waals surface area contributed by atoms with E-state index < -0.39 is 29.5 Å². The Hall–Kier alpha value is -4.48. The van der Waals surface area contributed by atoms with Gasteiger partial charge in [-0.2, -0.15) is 18.4 Å². The third-order valence-electron chi connectivity index (χ3n) is 9.59. The average Bonchev–Trinajstić information content (AvgIpc) is 3.46. The summed E-state index contributed by atoms with van der Waals surface area (Å²) in [4.78, 5) is 37.2. The van der Waals surface area contributed by atoms with Crippen molar-refractivity contribution in [3.63, 3.8) is 0 Å². The summed E-state index contributed by atoms with van der Waals surface area (Å²) >= 11 is 6.30. The van der Waals surface area contributed by atoms with Gasteiger partial charge in [0.05, 0.1) is 29.8 Å². The number of likely N-dealkylation sites (tertiary alicyclic amines) is 1. The molecule has 0 radical (unpaired) electrons. The zero-order valence-electron chi connectivity index (χ0n) is 26.3. The van der Waals surface area contributed by atoms with Gasteiger partial charge in [0.1, 0.15) is 16.7 Å². The monoisotopic (exact) mass is 667 g/mol. The number of pyridine rings is 2. The lowest BCUT2D eigenvalue weighted by Gasteiger charge is -2.52. The highest BCUT2D eigenvalue weighted by Gasteiger charge is 2.44. The van der Waals surface area contributed by atoms with Crippen LogP contribution in [0.25, 0.3) is 27.6 Å². The molecule has 11 nitrogen and oxygen atoms in total. The number of alkyl halides is 3. The highest BCUT2D eigenvalue weighted by Crippen LogP contribution is 2.40. The smallest absolute Gasteiger partial charge is 0.351 e. The molecule has 5 heterocycles. The molecule has 2 saturated heterocycles. The van der Waals surface area contributed by atoms with Gasteiger partial charge in [0, 0.05) is 36.1 Å². The van der Waals surface area contributed by atoms with Crippen molar-refractivity contribution >= 4 is 45.3 Å². The van der Waals surface area contributed by atoms with Crippen LogP contribution in [0.2, 0.25) is 5.02 Å². The number of anilines is 1. The van der Waals surface area contributed by atoms with E-state index in [1.165, 1.54) is 18.2 Å². The Labute approximate surface area is 273 Å². The second-order valence-corrected chi connectivity index (χ2v) is 13.1. The molecule has 0 saturated carbocycles. The molecule has 3 aromatic heterocycles. The van der Waals surface area contributed by atoms with Gasteiger partial charge in [0.25, 0.3) is 5.56 Å². The maximum atomic E-state index is 14.8. The van der Waals surface area contributed by atoms with Crippen molar-refractivity contribution in [1.29, 1.82) is 5.26 Å². The summed E-state index contributed by atoms with van der Waals surface area (Å²) in [6.45, 7) is 8.55. The van der Waals surface area contributed by atoms with Gasteiger partial charge in [0.2, 0.25) is 5.91 Å². The lowest BCUT2D eigenvalue weighted by molar-refractivity contribution is -0.142. The summed E-state index contributed by atoms with van der Waals surface area (Å²) < 4.78 is 46.7. The lowest BCUT2D eigenvalue weighted by atomic mass is 9.90. The van der Waals surface area contributed by atoms with E-state index in [0.29, 0.717) is 41.9 Å². The van der Waals surface area contributed by atoms with Crippen LogP contribution in [0.5, 0.6) is 0 Å². The van der Waals surface area contributed by atoms with Crippen LogP contribution in [-0.4, -0.2) is 85.6 Å². The molecule has 0 aliphatic carbocycles. The van der Waals surface area contributed by atoms with Crippen molar-refractivity contribution in [2.24, 2.45) is 0 Å². The molecule has 2 aliphatic heterocycles. The molecular formula is C32H33ClF3N9O2. The van der Waals surface area contributed by atoms with Gasteiger partial charge in [-0.25, -0.2) is 9.67 Å². The van der Waals surface area contributed by atoms with E-state index in [1.807, 2.05) is 19.0 Å². The summed E-state index contributed by atoms with van der Waals surface area (Å²) in [6, 6.07) is 6.61. The van der Waals surface area contributed by atoms with Crippen LogP contribution in [0.4, 0.5) is 19.0 Å². The number of amides is 1. The molecule has 15 heteroatoms. The Morgan fingerprint density at radius 2 is 2.00 bits per heavy atom. The Morgan fingerprint density at radius 1 is 1.28 bits per heavy atom. The largest absolute Gasteiger partial charge is 0.431 e. The van der Waals surface area contributed by atoms with Gasteiger partial charge in [-0.05, 0) is 70.6 Å². The third kappa shape index (κ3) is 5.31. The van der Waals surface area contributed by atoms with Crippen LogP contribution < -0.4 is 10.5 Å². The molecule has 2 aliphatic rings. The van der Waals surface area contributed by atoms with Crippen LogP contribution in [0.3, 0.4) is 0 Å². The Balaban J connectivity index is 1.63. The predicted octanol–water partition coefficient (Wildman–Crippen LogP) is 4.88. The summed E-state index contributed by atoms with van der Waals surface area (Å²) in [5.74, 6) is 0.0367. The van der Waals surface area contributed by atoms with Gasteiger partial charge >= 0.3 is 6.18 Å². The van der Waals surface area contributed by atoms with E-state index in [-0.39, 0.29) is 57.1 Å². The first kappa shape index (κ1) is 32.5. The van der Waals surface area contributed by atoms with Gasteiger partial charge < -0.3 is 14.7 Å². The topological polar surface area (TPSA) is 116 Å². The number of likely N-dealkylation sites (N-methyl/N-ethyl adjacent to an activating group) is 1. The van der Waals surface area contributed by atoms with Crippen LogP contribution >= 0.6 is 11.6 Å². The van der Waals surface area contributed by atoms with Gasteiger partial charge in [-0.1, -0.05) is 29.5 Å². The van der Waals surface area contributed by atoms with E-state index in [1.54, 1.807) is 22.6 Å². The van der Waals surface area contributed by atoms with E-state index in [9.17, 15) is 28.0 Å². The minimum atomic E-state index is -4.93. The van der Waals surface area contributed by atoms with Crippen LogP contribution in [-0.2, 0) is 11.0 Å². The van der Waals surface area contributed by atoms with Crippen LogP contribution in [0.15, 0.2) is 41.7 Å². The first-order valence-electron chi connectivity index (χ1n) is 15.1. The predicted molar refractivity (Wildman–Crippen MR) is 172 cm³/mol. The molecule has 1 amide bonds. The minimum absolute atomic E-state index is 0.00505. The zero-order chi connectivity index (χ0) is 34.0. The number of nitrogens with zero attached hydrogens (tertiary/aromatic N) is 9. The summed E-state index contributed by atoms with van der Waals surface area (Å²) in [5, 5.41) is 18.5. The molecule has 6 rings (SSSR count). The maximum Gasteiger partial charge on any atom is 0.431 e. The molecule has 2 fully saturated rings. The third-order valence-corrected chi connectivity index (χ3v) is 10.0. The Bertz CT molecular complexity index is 2020. The molecular weight excluding hydrogens is 635 g/mol. The van der Waals surface area contributed by atoms with E-state index in [2.05, 4.69) is 34.8 Å². The minimum Gasteiger partial charge on any atom is -0.351 e. The van der Waals surface area contributed by atoms with Gasteiger partial charge in [-0.3, -0.25) is 14.2 Å². The van der Waals surface area contributed by atoms with Crippen molar-refractivity contribution in [2.75, 3.05) is 38.6 Å². The normalized spacial score (nSPS) is 19.7. The van der Waals surface area contributed by atoms with Crippen molar-refractivity contribution < 1.29 is 18.0 Å². The Morgan fingerprint density at radius 3 is 2.64 bits per heavy atom. The zero-order valence-corrected chi connectivity index (χ0v) is 27.1. The number of aromatic nitrogens is 5. The second kappa shape index (κ2) is 11.6. The molecule has 1 aromatic carbocycles. The van der Waals surface area contributed by atoms with E-state index in [4.69, 9.17) is 16.6 Å². The molecule has 0 spiro atoms. The second-order valence-electron chi connectivity index (χ2n) is 12.7. The number of fused-ring (bicyclic) bond motifs is 3. The van der Waals surface area contributed by atoms with Crippen molar-refractivity contribution in [3.05, 3.63) is 63.6 Å². The first-order chi connectivity index (χ1) is 22.2. The first-order valence-corrected chi connectivity index (χ1v) is 15.5. The van der Waals surface area contributed by atoms with Crippen LogP contribution in [0.1, 0.15) is 43.5 Å². The van der Waals surface area contributed by atoms with Crippen LogP contribution in [0, 0.1) is 18.3 Å². The fourth-order valence-corrected chi connectivity index (χ4v) is 6.84. The highest BCUT2D eigenvalue weighted by atomic mass is 35.5. The lowest BCUT2D eigenvalue weighted by Crippen LogP contribution is -2.67. The maximum absolute atomic E-state index is 14.8. The number of carbonyl (C=O) groups is 1. The number of piperidine rings is 1. The number of benzene rings is 1. The summed E-state index contributed by atoms with van der Waals surface area (Å²) in [6.07, 6.45) is -2.98. The number of rotatable bonds is 6. The van der Waals surface area contributed by atoms with Crippen molar-refractivity contribution in [1.82, 2.24) is 34.3 Å². The number of hydrogen-bond donors (Lipinski definition) is 0.